The molecule has 2 rings (SSSR count). The molecule has 1 aromatic rings. The number of anilines is 1. The molecule has 0 radical (unpaired) electrons. The Morgan fingerprint density at radius 2 is 2.47 bits per heavy atom. The lowest BCUT2D eigenvalue weighted by atomic mass is 10.3. The van der Waals surface area contributed by atoms with Crippen molar-refractivity contribution in [2.75, 3.05) is 18.5 Å². The molecule has 0 spiro atoms. The van der Waals surface area contributed by atoms with Crippen molar-refractivity contribution in [3.05, 3.63) is 16.8 Å². The minimum Gasteiger partial charge on any atom is -0.368 e. The van der Waals surface area contributed by atoms with E-state index < -0.39 is 0 Å². The molecule has 2 heterocycles. The average Bonchev–Trinajstić information content (AvgIpc) is 2.65. The number of hydrogen-bond donors (Lipinski definition) is 3. The van der Waals surface area contributed by atoms with Crippen LogP contribution in [0.3, 0.4) is 0 Å². The Morgan fingerprint density at radius 3 is 3.07 bits per heavy atom. The van der Waals surface area contributed by atoms with E-state index in [1.165, 1.54) is 11.3 Å². The normalized spacial score (nSPS) is 15.4. The molecule has 0 aliphatic carbocycles. The standard InChI is InChI=1S/C8H11N5OS/c1-5-12-13-8(15-5)11-7(14)6-2-3-9-4-10-6/h2,9-10H,3-4H2,1H3,(H,11,13,14). The Hall–Kier alpha value is -1.47. The molecule has 0 atom stereocenters. The Morgan fingerprint density at radius 1 is 1.60 bits per heavy atom. The molecule has 1 amide bonds. The molecule has 0 saturated heterocycles. The molecule has 1 aliphatic rings. The third-order valence-electron chi connectivity index (χ3n) is 1.85. The van der Waals surface area contributed by atoms with E-state index >= 15 is 0 Å². The van der Waals surface area contributed by atoms with Gasteiger partial charge in [0, 0.05) is 6.54 Å². The second-order valence-electron chi connectivity index (χ2n) is 3.01. The predicted octanol–water partition coefficient (Wildman–Crippen LogP) is -0.181. The van der Waals surface area contributed by atoms with Crippen LogP contribution in [0.15, 0.2) is 11.8 Å². The fourth-order valence-corrected chi connectivity index (χ4v) is 1.75. The quantitative estimate of drug-likeness (QED) is 0.650. The number of aryl methyl sites for hydroxylation is 1. The van der Waals surface area contributed by atoms with Gasteiger partial charge < -0.3 is 5.32 Å². The summed E-state index contributed by atoms with van der Waals surface area (Å²) < 4.78 is 0. The number of nitrogens with one attached hydrogen (secondary N) is 3. The molecule has 0 saturated carbocycles. The van der Waals surface area contributed by atoms with Gasteiger partial charge in [0.05, 0.1) is 12.4 Å². The summed E-state index contributed by atoms with van der Waals surface area (Å²) in [7, 11) is 0. The van der Waals surface area contributed by atoms with E-state index in [0.29, 0.717) is 24.0 Å². The summed E-state index contributed by atoms with van der Waals surface area (Å²) >= 11 is 1.36. The maximum Gasteiger partial charge on any atom is 0.273 e. The van der Waals surface area contributed by atoms with Crippen molar-refractivity contribution < 1.29 is 4.79 Å². The molecule has 1 aromatic heterocycles. The van der Waals surface area contributed by atoms with Crippen molar-refractivity contribution in [2.45, 2.75) is 6.92 Å². The molecule has 0 bridgehead atoms. The number of nitrogens with zero attached hydrogens (tertiary/aromatic N) is 2. The zero-order valence-electron chi connectivity index (χ0n) is 8.20. The molecular weight excluding hydrogens is 214 g/mol. The third-order valence-corrected chi connectivity index (χ3v) is 2.60. The molecule has 80 valence electrons. The van der Waals surface area contributed by atoms with E-state index in [2.05, 4.69) is 26.1 Å². The molecule has 0 aromatic carbocycles. The van der Waals surface area contributed by atoms with Crippen LogP contribution in [-0.4, -0.2) is 29.3 Å². The van der Waals surface area contributed by atoms with Gasteiger partial charge in [-0.25, -0.2) is 0 Å². The lowest BCUT2D eigenvalue weighted by Gasteiger charge is -2.15. The first-order chi connectivity index (χ1) is 7.25. The Bertz CT molecular complexity index is 399. The number of hydrogen-bond acceptors (Lipinski definition) is 6. The first kappa shape index (κ1) is 10.1. The van der Waals surface area contributed by atoms with Crippen LogP contribution in [0.4, 0.5) is 5.13 Å². The van der Waals surface area contributed by atoms with Crippen LogP contribution in [0.5, 0.6) is 0 Å². The fraction of sp³-hybridized carbons (Fsp3) is 0.375. The zero-order valence-corrected chi connectivity index (χ0v) is 9.02. The van der Waals surface area contributed by atoms with Crippen molar-refractivity contribution in [1.29, 1.82) is 0 Å². The lowest BCUT2D eigenvalue weighted by molar-refractivity contribution is -0.113. The van der Waals surface area contributed by atoms with Gasteiger partial charge in [-0.15, -0.1) is 10.2 Å². The predicted molar refractivity (Wildman–Crippen MR) is 57.4 cm³/mol. The van der Waals surface area contributed by atoms with Gasteiger partial charge in [0.15, 0.2) is 0 Å². The molecule has 0 unspecified atom stereocenters. The lowest BCUT2D eigenvalue weighted by Crippen LogP contribution is -2.38. The molecule has 7 heteroatoms. The van der Waals surface area contributed by atoms with E-state index in [9.17, 15) is 4.79 Å². The summed E-state index contributed by atoms with van der Waals surface area (Å²) in [6, 6.07) is 0. The average molecular weight is 225 g/mol. The Labute approximate surface area is 90.8 Å². The molecule has 1 aliphatic heterocycles. The monoisotopic (exact) mass is 225 g/mol. The molecular formula is C8H11N5OS. The number of rotatable bonds is 2. The van der Waals surface area contributed by atoms with Crippen LogP contribution in [0, 0.1) is 6.92 Å². The van der Waals surface area contributed by atoms with Crippen molar-refractivity contribution >= 4 is 22.4 Å². The Kier molecular flexibility index (Phi) is 2.93. The van der Waals surface area contributed by atoms with E-state index in [-0.39, 0.29) is 5.91 Å². The number of carbonyl (C=O) groups is 1. The van der Waals surface area contributed by atoms with Gasteiger partial charge in [0.1, 0.15) is 5.01 Å². The highest BCUT2D eigenvalue weighted by atomic mass is 32.1. The van der Waals surface area contributed by atoms with Gasteiger partial charge in [-0.05, 0) is 13.0 Å². The van der Waals surface area contributed by atoms with Gasteiger partial charge in [-0.2, -0.15) is 0 Å². The maximum atomic E-state index is 11.6. The second kappa shape index (κ2) is 4.37. The molecule has 15 heavy (non-hydrogen) atoms. The van der Waals surface area contributed by atoms with Gasteiger partial charge in [-0.1, -0.05) is 11.3 Å². The highest BCUT2D eigenvalue weighted by Crippen LogP contribution is 2.14. The van der Waals surface area contributed by atoms with Crippen LogP contribution in [0.2, 0.25) is 0 Å². The number of amides is 1. The van der Waals surface area contributed by atoms with Crippen molar-refractivity contribution in [3.8, 4) is 0 Å². The van der Waals surface area contributed by atoms with Crippen molar-refractivity contribution in [3.63, 3.8) is 0 Å². The summed E-state index contributed by atoms with van der Waals surface area (Å²) in [4.78, 5) is 11.6. The topological polar surface area (TPSA) is 78.9 Å². The van der Waals surface area contributed by atoms with E-state index in [1.807, 2.05) is 6.92 Å². The van der Waals surface area contributed by atoms with Gasteiger partial charge in [0.25, 0.3) is 5.91 Å². The van der Waals surface area contributed by atoms with E-state index in [0.717, 1.165) is 5.01 Å². The summed E-state index contributed by atoms with van der Waals surface area (Å²) in [5, 5.41) is 17.7. The SMILES string of the molecule is Cc1nnc(NC(=O)C2=CCNCN2)s1. The fourth-order valence-electron chi connectivity index (χ4n) is 1.16. The zero-order chi connectivity index (χ0) is 10.7. The number of carbonyl (C=O) groups excluding carboxylic acids is 1. The van der Waals surface area contributed by atoms with Gasteiger partial charge in [0.2, 0.25) is 5.13 Å². The largest absolute Gasteiger partial charge is 0.368 e. The van der Waals surface area contributed by atoms with Gasteiger partial charge >= 0.3 is 0 Å². The first-order valence-electron chi connectivity index (χ1n) is 4.52. The molecule has 0 fully saturated rings. The summed E-state index contributed by atoms with van der Waals surface area (Å²) in [5.74, 6) is -0.173. The summed E-state index contributed by atoms with van der Waals surface area (Å²) in [6.07, 6.45) is 1.80. The van der Waals surface area contributed by atoms with E-state index in [1.54, 1.807) is 6.08 Å². The molecule has 3 N–H and O–H groups in total. The van der Waals surface area contributed by atoms with Crippen LogP contribution >= 0.6 is 11.3 Å². The van der Waals surface area contributed by atoms with Crippen molar-refractivity contribution in [1.82, 2.24) is 20.8 Å². The highest BCUT2D eigenvalue weighted by Gasteiger charge is 2.13. The highest BCUT2D eigenvalue weighted by molar-refractivity contribution is 7.15. The maximum absolute atomic E-state index is 11.6. The smallest absolute Gasteiger partial charge is 0.273 e. The first-order valence-corrected chi connectivity index (χ1v) is 5.33. The minimum atomic E-state index is -0.173. The second-order valence-corrected chi connectivity index (χ2v) is 4.19. The van der Waals surface area contributed by atoms with Gasteiger partial charge in [-0.3, -0.25) is 15.4 Å². The third kappa shape index (κ3) is 2.51. The molecule has 6 nitrogen and oxygen atoms in total. The summed E-state index contributed by atoms with van der Waals surface area (Å²) in [5.41, 5.74) is 0.571. The van der Waals surface area contributed by atoms with Crippen LogP contribution in [0.25, 0.3) is 0 Å². The van der Waals surface area contributed by atoms with Crippen LogP contribution in [0.1, 0.15) is 5.01 Å². The van der Waals surface area contributed by atoms with Crippen LogP contribution < -0.4 is 16.0 Å². The summed E-state index contributed by atoms with van der Waals surface area (Å²) in [6.45, 7) is 3.15. The van der Waals surface area contributed by atoms with Crippen molar-refractivity contribution in [2.24, 2.45) is 0 Å². The Balaban J connectivity index is 2.00. The minimum absolute atomic E-state index is 0.173. The number of aromatic nitrogens is 2. The van der Waals surface area contributed by atoms with E-state index in [4.69, 9.17) is 0 Å². The van der Waals surface area contributed by atoms with Crippen LogP contribution in [-0.2, 0) is 4.79 Å².